The molecule has 0 N–H and O–H groups in total. The molecule has 3 heterocycles. The van der Waals surface area contributed by atoms with E-state index in [4.69, 9.17) is 9.97 Å². The molecule has 50 heavy (non-hydrogen) atoms. The molecular weight excluding hydrogens is 627 g/mol. The van der Waals surface area contributed by atoms with E-state index < -0.39 is 0 Å². The number of hydrogen-bond acceptors (Lipinski definition) is 3. The van der Waals surface area contributed by atoms with Crippen LogP contribution in [0.3, 0.4) is 0 Å². The van der Waals surface area contributed by atoms with E-state index in [0.29, 0.717) is 5.82 Å². The van der Waals surface area contributed by atoms with Crippen molar-refractivity contribution >= 4 is 53.3 Å². The van der Waals surface area contributed by atoms with Gasteiger partial charge in [0.25, 0.3) is 0 Å². The quantitative estimate of drug-likeness (QED) is 0.185. The summed E-state index contributed by atoms with van der Waals surface area (Å²) in [6.07, 6.45) is 0. The van der Waals surface area contributed by atoms with E-state index in [9.17, 15) is 0 Å². The van der Waals surface area contributed by atoms with Crippen LogP contribution in [0.15, 0.2) is 176 Å². The van der Waals surface area contributed by atoms with Crippen LogP contribution in [0.2, 0.25) is 0 Å². The lowest BCUT2D eigenvalue weighted by atomic mass is 10.0. The third-order valence-corrected chi connectivity index (χ3v) is 10.8. The zero-order valence-electron chi connectivity index (χ0n) is 27.0. The summed E-state index contributed by atoms with van der Waals surface area (Å²) in [6, 6.07) is 62.5. The van der Waals surface area contributed by atoms with Crippen molar-refractivity contribution in [2.45, 2.75) is 0 Å². The van der Waals surface area contributed by atoms with Gasteiger partial charge in [-0.15, -0.1) is 11.3 Å². The molecule has 7 aromatic carbocycles. The smallest absolute Gasteiger partial charge is 0.160 e. The molecule has 4 heteroatoms. The molecule has 0 spiro atoms. The van der Waals surface area contributed by atoms with Crippen LogP contribution in [0.1, 0.15) is 0 Å². The van der Waals surface area contributed by atoms with Crippen LogP contribution in [0.4, 0.5) is 0 Å². The maximum atomic E-state index is 5.20. The van der Waals surface area contributed by atoms with E-state index in [0.717, 1.165) is 44.8 Å². The van der Waals surface area contributed by atoms with Gasteiger partial charge in [-0.2, -0.15) is 0 Å². The lowest BCUT2D eigenvalue weighted by Gasteiger charge is -2.15. The molecule has 0 fully saturated rings. The van der Waals surface area contributed by atoms with Crippen molar-refractivity contribution in [3.8, 4) is 50.7 Å². The van der Waals surface area contributed by atoms with Gasteiger partial charge in [-0.3, -0.25) is 0 Å². The van der Waals surface area contributed by atoms with Gasteiger partial charge in [0.1, 0.15) is 0 Å². The molecule has 0 saturated heterocycles. The van der Waals surface area contributed by atoms with E-state index in [2.05, 4.69) is 156 Å². The Morgan fingerprint density at radius 3 is 1.82 bits per heavy atom. The maximum absolute atomic E-state index is 5.20. The number of para-hydroxylation sites is 2. The Labute approximate surface area is 293 Å². The van der Waals surface area contributed by atoms with Crippen LogP contribution in [0, 0.1) is 0 Å². The molecule has 0 radical (unpaired) electrons. The highest BCUT2D eigenvalue weighted by molar-refractivity contribution is 7.25. The van der Waals surface area contributed by atoms with Gasteiger partial charge < -0.3 is 4.57 Å². The summed E-state index contributed by atoms with van der Waals surface area (Å²) in [5.74, 6) is 0.707. The van der Waals surface area contributed by atoms with Gasteiger partial charge in [0, 0.05) is 47.6 Å². The minimum atomic E-state index is 0.707. The van der Waals surface area contributed by atoms with Gasteiger partial charge in [0.2, 0.25) is 0 Å². The number of aromatic nitrogens is 3. The normalized spacial score (nSPS) is 11.6. The molecule has 0 aliphatic rings. The molecule has 0 aliphatic carbocycles. The van der Waals surface area contributed by atoms with E-state index in [1.165, 1.54) is 42.1 Å². The van der Waals surface area contributed by atoms with Crippen LogP contribution >= 0.6 is 11.3 Å². The number of rotatable bonds is 5. The van der Waals surface area contributed by atoms with Crippen molar-refractivity contribution in [1.29, 1.82) is 0 Å². The fourth-order valence-electron chi connectivity index (χ4n) is 7.26. The van der Waals surface area contributed by atoms with E-state index >= 15 is 0 Å². The van der Waals surface area contributed by atoms with E-state index in [1.54, 1.807) is 0 Å². The Morgan fingerprint density at radius 1 is 0.380 bits per heavy atom. The molecule has 0 atom stereocenters. The zero-order valence-corrected chi connectivity index (χ0v) is 27.8. The highest BCUT2D eigenvalue weighted by Gasteiger charge is 2.19. The Bertz CT molecular complexity index is 2810. The van der Waals surface area contributed by atoms with Crippen molar-refractivity contribution in [2.24, 2.45) is 0 Å². The Hall–Kier alpha value is -6.36. The predicted octanol–water partition coefficient (Wildman–Crippen LogP) is 12.6. The third-order valence-electron chi connectivity index (χ3n) is 9.63. The second-order valence-electron chi connectivity index (χ2n) is 12.6. The van der Waals surface area contributed by atoms with Gasteiger partial charge >= 0.3 is 0 Å². The van der Waals surface area contributed by atoms with Gasteiger partial charge in [0.05, 0.1) is 28.1 Å². The first-order valence-electron chi connectivity index (χ1n) is 16.8. The number of nitrogens with zero attached hydrogens (tertiary/aromatic N) is 3. The SMILES string of the molecule is c1ccc(-c2cc(-c3ccccc3-n3c4ccccc4c4cc(-c5ccc6sc7ccccc7c6c5)ccc43)nc(-c3ccccc3)n2)cc1. The van der Waals surface area contributed by atoms with Gasteiger partial charge in [-0.1, -0.05) is 127 Å². The first-order valence-corrected chi connectivity index (χ1v) is 17.6. The summed E-state index contributed by atoms with van der Waals surface area (Å²) in [6.45, 7) is 0. The van der Waals surface area contributed by atoms with Crippen molar-refractivity contribution in [3.05, 3.63) is 176 Å². The van der Waals surface area contributed by atoms with Crippen molar-refractivity contribution in [1.82, 2.24) is 14.5 Å². The molecule has 10 aromatic rings. The fraction of sp³-hybridized carbons (Fsp3) is 0. The number of fused-ring (bicyclic) bond motifs is 6. The van der Waals surface area contributed by atoms with Crippen LogP contribution in [-0.2, 0) is 0 Å². The van der Waals surface area contributed by atoms with E-state index in [1.807, 2.05) is 35.6 Å². The van der Waals surface area contributed by atoms with E-state index in [-0.39, 0.29) is 0 Å². The monoisotopic (exact) mass is 655 g/mol. The van der Waals surface area contributed by atoms with Crippen LogP contribution in [0.5, 0.6) is 0 Å². The van der Waals surface area contributed by atoms with Crippen LogP contribution in [0.25, 0.3) is 92.7 Å². The molecule has 0 saturated carbocycles. The predicted molar refractivity (Wildman–Crippen MR) is 211 cm³/mol. The van der Waals surface area contributed by atoms with Gasteiger partial charge in [-0.25, -0.2) is 9.97 Å². The largest absolute Gasteiger partial charge is 0.309 e. The summed E-state index contributed by atoms with van der Waals surface area (Å²) >= 11 is 1.86. The first-order chi connectivity index (χ1) is 24.8. The molecular formula is C46H29N3S. The molecule has 3 nitrogen and oxygen atoms in total. The Morgan fingerprint density at radius 2 is 0.980 bits per heavy atom. The standard InChI is InChI=1S/C46H29N3S/c1-3-13-30(14-4-1)39-29-40(48-46(47-39)31-15-5-2-6-16-31)36-19-8-11-21-42(36)49-41-20-10-7-17-34(41)37-27-32(23-25-43(37)49)33-24-26-45-38(28-33)35-18-9-12-22-44(35)50-45/h1-29H. The van der Waals surface area contributed by atoms with Crippen molar-refractivity contribution in [2.75, 3.05) is 0 Å². The van der Waals surface area contributed by atoms with Gasteiger partial charge in [-0.05, 0) is 59.7 Å². The first kappa shape index (κ1) is 28.6. The molecule has 0 bridgehead atoms. The second kappa shape index (κ2) is 11.7. The average molecular weight is 656 g/mol. The highest BCUT2D eigenvalue weighted by Crippen LogP contribution is 2.40. The minimum Gasteiger partial charge on any atom is -0.309 e. The Kier molecular flexibility index (Phi) is 6.68. The number of thiophene rings is 1. The zero-order chi connectivity index (χ0) is 33.0. The van der Waals surface area contributed by atoms with Crippen LogP contribution < -0.4 is 0 Å². The molecule has 234 valence electrons. The van der Waals surface area contributed by atoms with Crippen molar-refractivity contribution in [3.63, 3.8) is 0 Å². The lowest BCUT2D eigenvalue weighted by molar-refractivity contribution is 1.15. The minimum absolute atomic E-state index is 0.707. The number of benzene rings is 7. The van der Waals surface area contributed by atoms with Gasteiger partial charge in [0.15, 0.2) is 5.82 Å². The fourth-order valence-corrected chi connectivity index (χ4v) is 8.35. The number of hydrogen-bond donors (Lipinski definition) is 0. The maximum Gasteiger partial charge on any atom is 0.160 e. The summed E-state index contributed by atoms with van der Waals surface area (Å²) in [5, 5.41) is 5.08. The highest BCUT2D eigenvalue weighted by atomic mass is 32.1. The topological polar surface area (TPSA) is 30.7 Å². The Balaban J connectivity index is 1.17. The molecule has 3 aromatic heterocycles. The van der Waals surface area contributed by atoms with Crippen molar-refractivity contribution < 1.29 is 0 Å². The molecule has 0 aliphatic heterocycles. The lowest BCUT2D eigenvalue weighted by Crippen LogP contribution is -2.00. The summed E-state index contributed by atoms with van der Waals surface area (Å²) in [4.78, 5) is 10.2. The molecule has 0 unspecified atom stereocenters. The average Bonchev–Trinajstić information content (AvgIpc) is 3.73. The molecule has 10 rings (SSSR count). The van der Waals surface area contributed by atoms with Crippen LogP contribution in [-0.4, -0.2) is 14.5 Å². The summed E-state index contributed by atoms with van der Waals surface area (Å²) in [5.41, 5.74) is 10.7. The summed E-state index contributed by atoms with van der Waals surface area (Å²) in [7, 11) is 0. The third kappa shape index (κ3) is 4.73. The summed E-state index contributed by atoms with van der Waals surface area (Å²) < 4.78 is 5.04. The second-order valence-corrected chi connectivity index (χ2v) is 13.7. The molecule has 0 amide bonds.